The third-order valence-corrected chi connectivity index (χ3v) is 6.90. The molecule has 0 aliphatic carbocycles. The zero-order valence-corrected chi connectivity index (χ0v) is 19.8. The minimum atomic E-state index is -0.235. The number of imide groups is 1. The summed E-state index contributed by atoms with van der Waals surface area (Å²) in [5, 5.41) is 0. The molecular weight excluding hydrogens is 398 g/mol. The van der Waals surface area contributed by atoms with E-state index >= 15 is 0 Å². The van der Waals surface area contributed by atoms with E-state index < -0.39 is 0 Å². The van der Waals surface area contributed by atoms with Crippen molar-refractivity contribution in [1.29, 1.82) is 0 Å². The molecule has 5 heteroatoms. The number of hydrogen-bond donors (Lipinski definition) is 0. The molecule has 4 rings (SSSR count). The van der Waals surface area contributed by atoms with Crippen LogP contribution in [0, 0.1) is 13.8 Å². The molecule has 1 saturated heterocycles. The Kier molecular flexibility index (Phi) is 6.20. The molecule has 168 valence electrons. The number of amides is 2. The molecule has 0 saturated carbocycles. The van der Waals surface area contributed by atoms with Crippen LogP contribution in [-0.4, -0.2) is 54.8 Å². The number of rotatable bonds is 5. The first-order valence-electron chi connectivity index (χ1n) is 11.5. The van der Waals surface area contributed by atoms with Crippen LogP contribution in [0.5, 0.6) is 0 Å². The van der Waals surface area contributed by atoms with Gasteiger partial charge in [-0.3, -0.25) is 9.59 Å². The highest BCUT2D eigenvalue weighted by molar-refractivity contribution is 6.45. The van der Waals surface area contributed by atoms with Gasteiger partial charge in [0, 0.05) is 13.1 Å². The highest BCUT2D eigenvalue weighted by Gasteiger charge is 2.43. The zero-order chi connectivity index (χ0) is 23.0. The quantitative estimate of drug-likeness (QED) is 0.667. The third kappa shape index (κ3) is 3.97. The number of carbonyl (C=O) groups excluding carboxylic acids is 2. The van der Waals surface area contributed by atoms with Gasteiger partial charge in [0.1, 0.15) is 5.70 Å². The third-order valence-electron chi connectivity index (χ3n) is 6.90. The summed E-state index contributed by atoms with van der Waals surface area (Å²) < 4.78 is 0. The van der Waals surface area contributed by atoms with E-state index in [4.69, 9.17) is 0 Å². The Bertz CT molecular complexity index is 1060. The molecule has 0 atom stereocenters. The summed E-state index contributed by atoms with van der Waals surface area (Å²) in [4.78, 5) is 33.3. The van der Waals surface area contributed by atoms with Crippen molar-refractivity contribution in [1.82, 2.24) is 9.80 Å². The number of likely N-dealkylation sites (N-methyl/N-ethyl adjacent to an activating group) is 1. The van der Waals surface area contributed by atoms with Crippen molar-refractivity contribution < 1.29 is 9.59 Å². The number of carbonyl (C=O) groups is 2. The molecule has 2 heterocycles. The summed E-state index contributed by atoms with van der Waals surface area (Å²) in [6.07, 6.45) is 2.87. The summed E-state index contributed by atoms with van der Waals surface area (Å²) in [5.74, 6) is -0.461. The standard InChI is InChI=1S/C27H33N3O2/c1-6-20-8-10-22(11-9-20)30-26(31)24(23-12-7-18(2)17-19(23)3)25(27(30)32)29(5)21-13-15-28(4)16-14-21/h7-12,17,21H,6,13-16H2,1-5H3. The second-order valence-electron chi connectivity index (χ2n) is 9.15. The van der Waals surface area contributed by atoms with E-state index in [-0.39, 0.29) is 17.9 Å². The van der Waals surface area contributed by atoms with E-state index in [2.05, 4.69) is 29.8 Å². The second kappa shape index (κ2) is 8.91. The van der Waals surface area contributed by atoms with Crippen LogP contribution >= 0.6 is 0 Å². The van der Waals surface area contributed by atoms with Crippen molar-refractivity contribution in [3.63, 3.8) is 0 Å². The summed E-state index contributed by atoms with van der Waals surface area (Å²) in [6.45, 7) is 8.13. The second-order valence-corrected chi connectivity index (χ2v) is 9.15. The van der Waals surface area contributed by atoms with Gasteiger partial charge in [-0.05, 0) is 82.1 Å². The van der Waals surface area contributed by atoms with E-state index in [9.17, 15) is 9.59 Å². The molecule has 2 aliphatic heterocycles. The molecule has 0 bridgehead atoms. The van der Waals surface area contributed by atoms with Gasteiger partial charge in [-0.15, -0.1) is 0 Å². The Morgan fingerprint density at radius 2 is 1.62 bits per heavy atom. The minimum absolute atomic E-state index is 0.226. The van der Waals surface area contributed by atoms with Crippen LogP contribution in [0.25, 0.3) is 5.57 Å². The Hall–Kier alpha value is -2.92. The van der Waals surface area contributed by atoms with Crippen molar-refractivity contribution in [2.45, 2.75) is 46.1 Å². The summed E-state index contributed by atoms with van der Waals surface area (Å²) >= 11 is 0. The Balaban J connectivity index is 1.80. The number of hydrogen-bond acceptors (Lipinski definition) is 4. The van der Waals surface area contributed by atoms with Gasteiger partial charge in [-0.1, -0.05) is 42.8 Å². The molecule has 0 unspecified atom stereocenters. The van der Waals surface area contributed by atoms with Gasteiger partial charge in [0.15, 0.2) is 0 Å². The molecule has 1 fully saturated rings. The van der Waals surface area contributed by atoms with Gasteiger partial charge >= 0.3 is 0 Å². The summed E-state index contributed by atoms with van der Waals surface area (Å²) in [6, 6.07) is 14.1. The van der Waals surface area contributed by atoms with Gasteiger partial charge in [-0.25, -0.2) is 4.90 Å². The smallest absolute Gasteiger partial charge is 0.282 e. The Morgan fingerprint density at radius 3 is 2.22 bits per heavy atom. The fraction of sp³-hybridized carbons (Fsp3) is 0.407. The van der Waals surface area contributed by atoms with Crippen molar-refractivity contribution in [2.24, 2.45) is 0 Å². The van der Waals surface area contributed by atoms with Gasteiger partial charge in [-0.2, -0.15) is 0 Å². The fourth-order valence-electron chi connectivity index (χ4n) is 4.86. The molecular formula is C27H33N3O2. The van der Waals surface area contributed by atoms with Crippen LogP contribution in [-0.2, 0) is 16.0 Å². The van der Waals surface area contributed by atoms with Crippen molar-refractivity contribution in [3.8, 4) is 0 Å². The lowest BCUT2D eigenvalue weighted by atomic mass is 9.96. The van der Waals surface area contributed by atoms with Crippen LogP contribution in [0.15, 0.2) is 48.2 Å². The molecule has 0 radical (unpaired) electrons. The first kappa shape index (κ1) is 22.3. The van der Waals surface area contributed by atoms with Crippen LogP contribution in [0.3, 0.4) is 0 Å². The number of nitrogens with zero attached hydrogens (tertiary/aromatic N) is 3. The molecule has 2 aromatic carbocycles. The highest BCUT2D eigenvalue weighted by atomic mass is 16.2. The Labute approximate surface area is 191 Å². The average molecular weight is 432 g/mol. The predicted molar refractivity (Wildman–Crippen MR) is 129 cm³/mol. The Morgan fingerprint density at radius 1 is 0.969 bits per heavy atom. The van der Waals surface area contributed by atoms with Crippen molar-refractivity contribution >= 4 is 23.1 Å². The maximum Gasteiger partial charge on any atom is 0.282 e. The minimum Gasteiger partial charge on any atom is -0.366 e. The number of likely N-dealkylation sites (tertiary alicyclic amines) is 1. The van der Waals surface area contributed by atoms with Gasteiger partial charge < -0.3 is 9.80 Å². The monoisotopic (exact) mass is 431 g/mol. The van der Waals surface area contributed by atoms with Crippen LogP contribution < -0.4 is 4.90 Å². The van der Waals surface area contributed by atoms with Crippen LogP contribution in [0.1, 0.15) is 42.0 Å². The van der Waals surface area contributed by atoms with E-state index in [0.717, 1.165) is 49.0 Å². The SMILES string of the molecule is CCc1ccc(N2C(=O)C(c3ccc(C)cc3C)=C(N(C)C3CCN(C)CC3)C2=O)cc1. The van der Waals surface area contributed by atoms with Crippen molar-refractivity contribution in [2.75, 3.05) is 32.1 Å². The zero-order valence-electron chi connectivity index (χ0n) is 19.8. The molecule has 2 aliphatic rings. The fourth-order valence-corrected chi connectivity index (χ4v) is 4.86. The summed E-state index contributed by atoms with van der Waals surface area (Å²) in [7, 11) is 4.10. The maximum absolute atomic E-state index is 13.8. The molecule has 0 N–H and O–H groups in total. The van der Waals surface area contributed by atoms with Crippen LogP contribution in [0.2, 0.25) is 0 Å². The number of anilines is 1. The maximum atomic E-state index is 13.8. The molecule has 2 amide bonds. The number of aryl methyl sites for hydroxylation is 3. The number of piperidine rings is 1. The average Bonchev–Trinajstić information content (AvgIpc) is 3.04. The van der Waals surface area contributed by atoms with E-state index in [1.807, 2.05) is 57.3 Å². The lowest BCUT2D eigenvalue weighted by Crippen LogP contribution is -2.43. The normalized spacial score (nSPS) is 18.1. The molecule has 5 nitrogen and oxygen atoms in total. The predicted octanol–water partition coefficient (Wildman–Crippen LogP) is 4.18. The molecule has 0 aromatic heterocycles. The van der Waals surface area contributed by atoms with Crippen LogP contribution in [0.4, 0.5) is 5.69 Å². The van der Waals surface area contributed by atoms with E-state index in [1.165, 1.54) is 10.5 Å². The highest BCUT2D eigenvalue weighted by Crippen LogP contribution is 2.37. The lowest BCUT2D eigenvalue weighted by Gasteiger charge is -2.36. The van der Waals surface area contributed by atoms with Gasteiger partial charge in [0.2, 0.25) is 0 Å². The molecule has 0 spiro atoms. The van der Waals surface area contributed by atoms with Gasteiger partial charge in [0.05, 0.1) is 11.3 Å². The first-order valence-corrected chi connectivity index (χ1v) is 11.5. The van der Waals surface area contributed by atoms with Crippen molar-refractivity contribution in [3.05, 3.63) is 70.4 Å². The largest absolute Gasteiger partial charge is 0.366 e. The van der Waals surface area contributed by atoms with Gasteiger partial charge in [0.25, 0.3) is 11.8 Å². The van der Waals surface area contributed by atoms with E-state index in [0.29, 0.717) is 17.0 Å². The van der Waals surface area contributed by atoms with E-state index in [1.54, 1.807) is 0 Å². The molecule has 32 heavy (non-hydrogen) atoms. The summed E-state index contributed by atoms with van der Waals surface area (Å²) in [5.41, 5.74) is 5.85. The lowest BCUT2D eigenvalue weighted by molar-refractivity contribution is -0.120. The number of benzene rings is 2. The molecule has 2 aromatic rings. The first-order chi connectivity index (χ1) is 15.3. The topological polar surface area (TPSA) is 43.9 Å².